The fraction of sp³-hybridized carbons (Fsp3) is 0.125. The summed E-state index contributed by atoms with van der Waals surface area (Å²) in [6.45, 7) is 3.26. The lowest BCUT2D eigenvalue weighted by Crippen LogP contribution is -2.45. The average molecular weight is 581 g/mol. The highest BCUT2D eigenvalue weighted by molar-refractivity contribution is 6.31. The van der Waals surface area contributed by atoms with E-state index in [1.165, 1.54) is 42.2 Å². The van der Waals surface area contributed by atoms with Crippen molar-refractivity contribution in [2.45, 2.75) is 0 Å². The van der Waals surface area contributed by atoms with E-state index in [4.69, 9.17) is 18.0 Å². The highest BCUT2D eigenvalue weighted by atomic mass is 35.5. The molecule has 1 saturated heterocycles. The number of halogens is 2. The summed E-state index contributed by atoms with van der Waals surface area (Å²) in [7, 11) is 0. The maximum absolute atomic E-state index is 15.0. The van der Waals surface area contributed by atoms with E-state index in [-0.39, 0.29) is 27.7 Å². The van der Waals surface area contributed by atoms with Crippen LogP contribution < -0.4 is 15.5 Å². The number of hydrogen-bond donors (Lipinski definition) is 2. The maximum Gasteiger partial charge on any atom is 0.258 e. The second kappa shape index (κ2) is 13.0. The first-order chi connectivity index (χ1) is 20.4. The second-order valence-corrected chi connectivity index (χ2v) is 9.88. The van der Waals surface area contributed by atoms with Crippen molar-refractivity contribution in [1.29, 1.82) is 0 Å². The van der Waals surface area contributed by atoms with Crippen LogP contribution in [0.1, 0.15) is 26.3 Å². The van der Waals surface area contributed by atoms with Gasteiger partial charge < -0.3 is 20.4 Å². The van der Waals surface area contributed by atoms with E-state index < -0.39 is 17.6 Å². The van der Waals surface area contributed by atoms with E-state index in [1.54, 1.807) is 24.5 Å². The zero-order valence-electron chi connectivity index (χ0n) is 22.4. The number of amides is 2. The molecule has 10 heteroatoms. The van der Waals surface area contributed by atoms with Crippen LogP contribution in [0.2, 0.25) is 5.02 Å². The molecule has 3 aromatic carbocycles. The molecule has 2 N–H and O–H groups in total. The number of anilines is 3. The Balaban J connectivity index is 1.22. The van der Waals surface area contributed by atoms with Gasteiger partial charge in [0.2, 0.25) is 0 Å². The first-order valence-corrected chi connectivity index (χ1v) is 13.5. The van der Waals surface area contributed by atoms with Gasteiger partial charge in [-0.1, -0.05) is 35.7 Å². The topological polar surface area (TPSA) is 89.9 Å². The van der Waals surface area contributed by atoms with Gasteiger partial charge >= 0.3 is 0 Å². The monoisotopic (exact) mass is 580 g/mol. The van der Waals surface area contributed by atoms with Crippen LogP contribution in [0.4, 0.5) is 27.3 Å². The first kappa shape index (κ1) is 28.3. The van der Waals surface area contributed by atoms with Crippen molar-refractivity contribution in [2.75, 3.05) is 41.7 Å². The van der Waals surface area contributed by atoms with Gasteiger partial charge in [0.25, 0.3) is 11.8 Å². The van der Waals surface area contributed by atoms with Crippen LogP contribution in [-0.4, -0.2) is 54.2 Å². The van der Waals surface area contributed by atoms with Gasteiger partial charge in [-0.3, -0.25) is 9.59 Å². The molecule has 42 heavy (non-hydrogen) atoms. The lowest BCUT2D eigenvalue weighted by molar-refractivity contribution is 0.102. The third-order valence-electron chi connectivity index (χ3n) is 6.65. The molecule has 0 spiro atoms. The van der Waals surface area contributed by atoms with Crippen molar-refractivity contribution in [3.8, 4) is 12.3 Å². The zero-order valence-corrected chi connectivity index (χ0v) is 23.2. The molecule has 1 aliphatic rings. The molecule has 1 aliphatic heterocycles. The predicted molar refractivity (Wildman–Crippen MR) is 164 cm³/mol. The summed E-state index contributed by atoms with van der Waals surface area (Å²) in [5.41, 5.74) is 2.15. The summed E-state index contributed by atoms with van der Waals surface area (Å²) in [6.07, 6.45) is 8.48. The van der Waals surface area contributed by atoms with Gasteiger partial charge in [-0.2, -0.15) is 0 Å². The van der Waals surface area contributed by atoms with E-state index in [1.807, 2.05) is 18.2 Å². The summed E-state index contributed by atoms with van der Waals surface area (Å²) in [5, 5.41) is 5.52. The molecule has 1 aromatic heterocycles. The molecule has 0 radical (unpaired) electrons. The zero-order chi connectivity index (χ0) is 29.5. The average Bonchev–Trinajstić information content (AvgIpc) is 3.02. The third kappa shape index (κ3) is 6.92. The van der Waals surface area contributed by atoms with E-state index in [0.717, 1.165) is 26.2 Å². The lowest BCUT2D eigenvalue weighted by atomic mass is 10.1. The fourth-order valence-corrected chi connectivity index (χ4v) is 4.56. The standard InChI is InChI=1S/C32H26ClFN6O2/c1-2-22-8-13-30(35-20-22)38-32(42)27-18-23(33)9-12-29(27)37-31(41)26-11-10-24(19-28(26)34)36-21-39-14-16-40(17-15-39)25-6-4-3-5-7-25/h1,3-13,18-21H,14-17H2,(H,37,41)(H,35,38,42). The van der Waals surface area contributed by atoms with Crippen molar-refractivity contribution in [3.63, 3.8) is 0 Å². The molecule has 8 nitrogen and oxygen atoms in total. The van der Waals surface area contributed by atoms with Gasteiger partial charge in [0.15, 0.2) is 0 Å². The number of benzene rings is 3. The molecule has 0 atom stereocenters. The van der Waals surface area contributed by atoms with Gasteiger partial charge in [-0.25, -0.2) is 14.4 Å². The Bertz CT molecular complexity index is 1660. The van der Waals surface area contributed by atoms with Gasteiger partial charge in [0, 0.05) is 54.7 Å². The SMILES string of the molecule is C#Cc1ccc(NC(=O)c2cc(Cl)ccc2NC(=O)c2ccc(N=CN3CCN(c4ccccc4)CC3)cc2F)nc1. The summed E-state index contributed by atoms with van der Waals surface area (Å²) >= 11 is 6.11. The fourth-order valence-electron chi connectivity index (χ4n) is 4.39. The predicted octanol–water partition coefficient (Wildman–Crippen LogP) is 5.84. The number of para-hydroxylation sites is 1. The van der Waals surface area contributed by atoms with Crippen molar-refractivity contribution < 1.29 is 14.0 Å². The molecule has 5 rings (SSSR count). The number of terminal acetylenes is 1. The smallest absolute Gasteiger partial charge is 0.258 e. The molecule has 0 saturated carbocycles. The Hall–Kier alpha value is -5.20. The molecule has 4 aromatic rings. The lowest BCUT2D eigenvalue weighted by Gasteiger charge is -2.35. The van der Waals surface area contributed by atoms with E-state index in [0.29, 0.717) is 11.3 Å². The molecular weight excluding hydrogens is 555 g/mol. The molecule has 0 bridgehead atoms. The quantitative estimate of drug-likeness (QED) is 0.163. The van der Waals surface area contributed by atoms with Crippen LogP contribution in [-0.2, 0) is 0 Å². The minimum absolute atomic E-state index is 0.0765. The molecule has 0 unspecified atom stereocenters. The number of hydrogen-bond acceptors (Lipinski definition) is 5. The Kier molecular flexibility index (Phi) is 8.75. The van der Waals surface area contributed by atoms with Crippen molar-refractivity contribution in [2.24, 2.45) is 4.99 Å². The number of aromatic nitrogens is 1. The molecule has 1 fully saturated rings. The van der Waals surface area contributed by atoms with E-state index in [2.05, 4.69) is 48.5 Å². The van der Waals surface area contributed by atoms with E-state index >= 15 is 4.39 Å². The van der Waals surface area contributed by atoms with Crippen LogP contribution in [0.3, 0.4) is 0 Å². The van der Waals surface area contributed by atoms with Gasteiger partial charge in [0.05, 0.1) is 28.8 Å². The number of piperazine rings is 1. The Morgan fingerprint density at radius 3 is 2.38 bits per heavy atom. The Labute approximate surface area is 247 Å². The van der Waals surface area contributed by atoms with Crippen LogP contribution in [0.25, 0.3) is 0 Å². The van der Waals surface area contributed by atoms with Crippen molar-refractivity contribution >= 4 is 52.6 Å². The van der Waals surface area contributed by atoms with Crippen LogP contribution in [0.5, 0.6) is 0 Å². The summed E-state index contributed by atoms with van der Waals surface area (Å²) in [5.74, 6) is 0.671. The highest BCUT2D eigenvalue weighted by Gasteiger charge is 2.19. The number of carbonyl (C=O) groups excluding carboxylic acids is 2. The van der Waals surface area contributed by atoms with Crippen molar-refractivity contribution in [1.82, 2.24) is 9.88 Å². The van der Waals surface area contributed by atoms with Gasteiger partial charge in [0.1, 0.15) is 11.6 Å². The molecule has 0 aliphatic carbocycles. The second-order valence-electron chi connectivity index (χ2n) is 9.44. The Morgan fingerprint density at radius 1 is 0.929 bits per heavy atom. The van der Waals surface area contributed by atoms with Gasteiger partial charge in [-0.05, 0) is 54.6 Å². The Morgan fingerprint density at radius 2 is 1.69 bits per heavy atom. The largest absolute Gasteiger partial charge is 0.368 e. The summed E-state index contributed by atoms with van der Waals surface area (Å²) < 4.78 is 15.0. The molecule has 2 heterocycles. The highest BCUT2D eigenvalue weighted by Crippen LogP contribution is 2.24. The van der Waals surface area contributed by atoms with Crippen LogP contribution in [0, 0.1) is 18.2 Å². The normalized spacial score (nSPS) is 13.1. The maximum atomic E-state index is 15.0. The van der Waals surface area contributed by atoms with Crippen LogP contribution in [0.15, 0.2) is 90.1 Å². The number of nitrogens with one attached hydrogen (secondary N) is 2. The number of aliphatic imine (C=N–C) groups is 1. The molecule has 210 valence electrons. The number of carbonyl (C=O) groups is 2. The van der Waals surface area contributed by atoms with E-state index in [9.17, 15) is 9.59 Å². The third-order valence-corrected chi connectivity index (χ3v) is 6.88. The number of nitrogens with zero attached hydrogens (tertiary/aromatic N) is 4. The number of rotatable bonds is 7. The van der Waals surface area contributed by atoms with Gasteiger partial charge in [-0.15, -0.1) is 6.42 Å². The number of pyridine rings is 1. The first-order valence-electron chi connectivity index (χ1n) is 13.1. The minimum atomic E-state index is -0.742. The van der Waals surface area contributed by atoms with Crippen LogP contribution >= 0.6 is 11.6 Å². The molecule has 2 amide bonds. The van der Waals surface area contributed by atoms with Crippen molar-refractivity contribution in [3.05, 3.63) is 113 Å². The summed E-state index contributed by atoms with van der Waals surface area (Å²) in [6, 6.07) is 21.9. The minimum Gasteiger partial charge on any atom is -0.368 e. The molecular formula is C32H26ClFN6O2. The summed E-state index contributed by atoms with van der Waals surface area (Å²) in [4.78, 5) is 38.8.